The lowest BCUT2D eigenvalue weighted by Crippen LogP contribution is -2.25. The van der Waals surface area contributed by atoms with Gasteiger partial charge in [-0.15, -0.1) is 0 Å². The third-order valence-corrected chi connectivity index (χ3v) is 6.08. The highest BCUT2D eigenvalue weighted by molar-refractivity contribution is 9.10. The van der Waals surface area contributed by atoms with Crippen LogP contribution in [-0.2, 0) is 19.6 Å². The smallest absolute Gasteiger partial charge is 0.340 e. The van der Waals surface area contributed by atoms with Crippen molar-refractivity contribution in [3.8, 4) is 0 Å². The summed E-state index contributed by atoms with van der Waals surface area (Å²) in [5.74, 6) is -1.05. The number of ether oxygens (including phenoxy) is 1. The Morgan fingerprint density at radius 2 is 1.79 bits per heavy atom. The Bertz CT molecular complexity index is 992. The van der Waals surface area contributed by atoms with Gasteiger partial charge < -0.3 is 10.1 Å². The Hall–Kier alpha value is -2.27. The molecule has 8 nitrogen and oxygen atoms in total. The first-order valence-corrected chi connectivity index (χ1v) is 10.8. The van der Waals surface area contributed by atoms with Crippen molar-refractivity contribution in [2.75, 3.05) is 26.1 Å². The molecule has 2 aromatic carbocycles. The Labute approximate surface area is 177 Å². The van der Waals surface area contributed by atoms with Crippen molar-refractivity contribution in [2.24, 2.45) is 0 Å². The van der Waals surface area contributed by atoms with Crippen LogP contribution in [0.15, 0.2) is 51.8 Å². The third-order valence-electron chi connectivity index (χ3n) is 3.90. The normalized spacial score (nSPS) is 11.3. The fraction of sp³-hybridized carbons (Fsp3) is 0.263. The van der Waals surface area contributed by atoms with Crippen molar-refractivity contribution < 1.29 is 27.6 Å². The van der Waals surface area contributed by atoms with E-state index >= 15 is 0 Å². The number of rotatable bonds is 8. The van der Waals surface area contributed by atoms with E-state index in [0.29, 0.717) is 10.9 Å². The van der Waals surface area contributed by atoms with Crippen molar-refractivity contribution in [3.63, 3.8) is 0 Å². The maximum atomic E-state index is 12.6. The van der Waals surface area contributed by atoms with E-state index in [1.54, 1.807) is 18.2 Å². The Kier molecular flexibility index (Phi) is 7.91. The van der Waals surface area contributed by atoms with Crippen LogP contribution in [0, 0.1) is 0 Å². The third kappa shape index (κ3) is 5.63. The molecule has 0 saturated heterocycles. The molecule has 0 atom stereocenters. The van der Waals surface area contributed by atoms with Crippen LogP contribution in [0.4, 0.5) is 5.69 Å². The van der Waals surface area contributed by atoms with Crippen LogP contribution in [0.5, 0.6) is 0 Å². The van der Waals surface area contributed by atoms with Crippen LogP contribution < -0.4 is 5.32 Å². The van der Waals surface area contributed by atoms with Gasteiger partial charge in [-0.25, -0.2) is 13.2 Å². The average molecular weight is 485 g/mol. The molecule has 0 aliphatic rings. The fourth-order valence-corrected chi connectivity index (χ4v) is 3.62. The maximum absolute atomic E-state index is 12.6. The lowest BCUT2D eigenvalue weighted by Gasteiger charge is -2.14. The van der Waals surface area contributed by atoms with Gasteiger partial charge in [0.25, 0.3) is 15.9 Å². The monoisotopic (exact) mass is 484 g/mol. The molecule has 0 heterocycles. The Morgan fingerprint density at radius 1 is 1.14 bits per heavy atom. The molecule has 0 saturated carbocycles. The van der Waals surface area contributed by atoms with E-state index < -0.39 is 21.9 Å². The summed E-state index contributed by atoms with van der Waals surface area (Å²) in [5, 5.41) is 2.66. The zero-order chi connectivity index (χ0) is 21.6. The van der Waals surface area contributed by atoms with E-state index in [-0.39, 0.29) is 28.3 Å². The second-order valence-corrected chi connectivity index (χ2v) is 8.75. The first kappa shape index (κ1) is 23.0. The predicted molar refractivity (Wildman–Crippen MR) is 111 cm³/mol. The van der Waals surface area contributed by atoms with Gasteiger partial charge in [0.1, 0.15) is 0 Å². The van der Waals surface area contributed by atoms with E-state index in [4.69, 9.17) is 9.57 Å². The largest absolute Gasteiger partial charge is 0.462 e. The molecule has 10 heteroatoms. The van der Waals surface area contributed by atoms with Gasteiger partial charge in [-0.2, -0.15) is 0 Å². The number of carbonyl (C=O) groups is 2. The standard InChI is InChI=1S/C19H21BrN2O6S/c1-4-11-28-19(24)16-12-14(20)7-10-17(16)21-18(23)13-5-8-15(9-6-13)29(25,26)22(2)27-3/h5-10,12H,4,11H2,1-3H3,(H,21,23). The second kappa shape index (κ2) is 9.97. The molecule has 0 spiro atoms. The fourth-order valence-electron chi connectivity index (χ4n) is 2.29. The van der Waals surface area contributed by atoms with Crippen LogP contribution in [0.25, 0.3) is 0 Å². The minimum atomic E-state index is -3.81. The summed E-state index contributed by atoms with van der Waals surface area (Å²) in [7, 11) is -1.31. The number of hydroxylamine groups is 1. The quantitative estimate of drug-likeness (QED) is 0.454. The summed E-state index contributed by atoms with van der Waals surface area (Å²) in [6.07, 6.45) is 0.676. The molecule has 0 unspecified atom stereocenters. The number of hydrogen-bond acceptors (Lipinski definition) is 6. The maximum Gasteiger partial charge on any atom is 0.340 e. The van der Waals surface area contributed by atoms with Gasteiger partial charge in [-0.1, -0.05) is 27.3 Å². The Balaban J connectivity index is 2.24. The van der Waals surface area contributed by atoms with E-state index in [1.165, 1.54) is 38.4 Å². The number of amides is 1. The molecule has 1 amide bonds. The highest BCUT2D eigenvalue weighted by atomic mass is 79.9. The number of anilines is 1. The van der Waals surface area contributed by atoms with E-state index in [1.807, 2.05) is 6.92 Å². The van der Waals surface area contributed by atoms with Gasteiger partial charge in [-0.05, 0) is 48.9 Å². The highest BCUT2D eigenvalue weighted by Gasteiger charge is 2.21. The number of halogens is 1. The number of benzene rings is 2. The SMILES string of the molecule is CCCOC(=O)c1cc(Br)ccc1NC(=O)c1ccc(S(=O)(=O)N(C)OC)cc1. The van der Waals surface area contributed by atoms with Crippen molar-refractivity contribution in [1.82, 2.24) is 4.47 Å². The van der Waals surface area contributed by atoms with Gasteiger partial charge in [-0.3, -0.25) is 9.63 Å². The molecule has 0 aliphatic carbocycles. The first-order chi connectivity index (χ1) is 13.7. The number of nitrogens with zero attached hydrogens (tertiary/aromatic N) is 1. The minimum absolute atomic E-state index is 0.0223. The summed E-state index contributed by atoms with van der Waals surface area (Å²) in [4.78, 5) is 29.5. The summed E-state index contributed by atoms with van der Waals surface area (Å²) in [6.45, 7) is 2.15. The van der Waals surface area contributed by atoms with Crippen LogP contribution in [-0.4, -0.2) is 45.5 Å². The van der Waals surface area contributed by atoms with Crippen LogP contribution >= 0.6 is 15.9 Å². The van der Waals surface area contributed by atoms with Gasteiger partial charge in [0.05, 0.1) is 29.9 Å². The molecular weight excluding hydrogens is 464 g/mol. The molecule has 2 rings (SSSR count). The predicted octanol–water partition coefficient (Wildman–Crippen LogP) is 3.45. The lowest BCUT2D eigenvalue weighted by molar-refractivity contribution is -0.0258. The average Bonchev–Trinajstić information content (AvgIpc) is 2.72. The zero-order valence-corrected chi connectivity index (χ0v) is 18.5. The first-order valence-electron chi connectivity index (χ1n) is 8.61. The molecule has 0 aliphatic heterocycles. The van der Waals surface area contributed by atoms with E-state index in [2.05, 4.69) is 21.2 Å². The van der Waals surface area contributed by atoms with Crippen LogP contribution in [0.3, 0.4) is 0 Å². The molecule has 0 bridgehead atoms. The number of nitrogens with one attached hydrogen (secondary N) is 1. The number of carbonyl (C=O) groups excluding carboxylic acids is 2. The Morgan fingerprint density at radius 3 is 2.38 bits per heavy atom. The summed E-state index contributed by atoms with van der Waals surface area (Å²) in [5.41, 5.74) is 0.719. The van der Waals surface area contributed by atoms with E-state index in [9.17, 15) is 18.0 Å². The molecule has 2 aromatic rings. The number of sulfonamides is 1. The molecule has 0 radical (unpaired) electrons. The minimum Gasteiger partial charge on any atom is -0.462 e. The number of hydrogen-bond donors (Lipinski definition) is 1. The molecule has 1 N–H and O–H groups in total. The van der Waals surface area contributed by atoms with Crippen molar-refractivity contribution >= 4 is 43.5 Å². The van der Waals surface area contributed by atoms with Crippen LogP contribution in [0.2, 0.25) is 0 Å². The van der Waals surface area contributed by atoms with E-state index in [0.717, 1.165) is 4.47 Å². The van der Waals surface area contributed by atoms with Gasteiger partial charge in [0.2, 0.25) is 0 Å². The van der Waals surface area contributed by atoms with Crippen molar-refractivity contribution in [1.29, 1.82) is 0 Å². The molecule has 29 heavy (non-hydrogen) atoms. The number of esters is 1. The molecule has 0 fully saturated rings. The topological polar surface area (TPSA) is 102 Å². The zero-order valence-electron chi connectivity index (χ0n) is 16.1. The summed E-state index contributed by atoms with van der Waals surface area (Å²) >= 11 is 3.30. The highest BCUT2D eigenvalue weighted by Crippen LogP contribution is 2.23. The summed E-state index contributed by atoms with van der Waals surface area (Å²) in [6, 6.07) is 10.2. The van der Waals surface area contributed by atoms with Gasteiger partial charge >= 0.3 is 5.97 Å². The van der Waals surface area contributed by atoms with Crippen LogP contribution in [0.1, 0.15) is 34.1 Å². The molecule has 156 valence electrons. The van der Waals surface area contributed by atoms with Gasteiger partial charge in [0.15, 0.2) is 0 Å². The van der Waals surface area contributed by atoms with Crippen molar-refractivity contribution in [3.05, 3.63) is 58.1 Å². The van der Waals surface area contributed by atoms with Crippen molar-refractivity contribution in [2.45, 2.75) is 18.2 Å². The summed E-state index contributed by atoms with van der Waals surface area (Å²) < 4.78 is 31.0. The lowest BCUT2D eigenvalue weighted by atomic mass is 10.1. The molecule has 0 aromatic heterocycles. The van der Waals surface area contributed by atoms with Gasteiger partial charge in [0, 0.05) is 17.1 Å². The molecular formula is C19H21BrN2O6S. The second-order valence-electron chi connectivity index (χ2n) is 5.90.